The second-order valence-corrected chi connectivity index (χ2v) is 5.18. The standard InChI is InChI=1S/C12H15ClN2O5/c1-12(2,11(17)20-3)10(14)8-7(15(18)19)5-4-6(13)9(8)16/h4-5,10,16H,14H2,1-3H3/t10-/m1/s1. The molecule has 1 aromatic carbocycles. The predicted octanol–water partition coefficient (Wildman–Crippen LogP) is 2.15. The summed E-state index contributed by atoms with van der Waals surface area (Å²) in [5.41, 5.74) is 4.06. The molecule has 0 spiro atoms. The molecule has 0 unspecified atom stereocenters. The zero-order valence-corrected chi connectivity index (χ0v) is 12.0. The minimum atomic E-state index is -1.28. The smallest absolute Gasteiger partial charge is 0.313 e. The van der Waals surface area contributed by atoms with Crippen molar-refractivity contribution in [3.05, 3.63) is 32.8 Å². The van der Waals surface area contributed by atoms with E-state index < -0.39 is 33.8 Å². The monoisotopic (exact) mass is 302 g/mol. The summed E-state index contributed by atoms with van der Waals surface area (Å²) < 4.78 is 4.62. The quantitative estimate of drug-likeness (QED) is 0.500. The Morgan fingerprint density at radius 1 is 1.55 bits per heavy atom. The molecule has 0 saturated heterocycles. The minimum absolute atomic E-state index is 0.0817. The van der Waals surface area contributed by atoms with Gasteiger partial charge < -0.3 is 15.6 Å². The second-order valence-electron chi connectivity index (χ2n) is 4.78. The Balaban J connectivity index is 3.49. The van der Waals surface area contributed by atoms with E-state index in [1.807, 2.05) is 0 Å². The molecule has 0 bridgehead atoms. The van der Waals surface area contributed by atoms with Gasteiger partial charge in [-0.15, -0.1) is 0 Å². The normalized spacial score (nSPS) is 12.8. The fourth-order valence-corrected chi connectivity index (χ4v) is 1.95. The number of methoxy groups -OCH3 is 1. The highest BCUT2D eigenvalue weighted by Gasteiger charge is 2.41. The Labute approximate surface area is 120 Å². The van der Waals surface area contributed by atoms with Crippen molar-refractivity contribution in [1.29, 1.82) is 0 Å². The first kappa shape index (κ1) is 16.2. The maximum absolute atomic E-state index is 11.7. The Kier molecular flexibility index (Phi) is 4.57. The number of nitrogens with zero attached hydrogens (tertiary/aromatic N) is 1. The molecule has 0 fully saturated rings. The highest BCUT2D eigenvalue weighted by molar-refractivity contribution is 6.32. The molecule has 7 nitrogen and oxygen atoms in total. The van der Waals surface area contributed by atoms with Crippen molar-refractivity contribution in [3.8, 4) is 5.75 Å². The lowest BCUT2D eigenvalue weighted by molar-refractivity contribution is -0.385. The van der Waals surface area contributed by atoms with E-state index in [1.165, 1.54) is 27.0 Å². The van der Waals surface area contributed by atoms with Crippen LogP contribution in [0, 0.1) is 15.5 Å². The van der Waals surface area contributed by atoms with Crippen molar-refractivity contribution in [1.82, 2.24) is 0 Å². The van der Waals surface area contributed by atoms with Crippen LogP contribution in [0.15, 0.2) is 12.1 Å². The Morgan fingerprint density at radius 3 is 2.55 bits per heavy atom. The molecule has 3 N–H and O–H groups in total. The van der Waals surface area contributed by atoms with Crippen LogP contribution in [0.25, 0.3) is 0 Å². The van der Waals surface area contributed by atoms with Gasteiger partial charge in [0.05, 0.1) is 34.1 Å². The number of nitrogens with two attached hydrogens (primary N) is 1. The molecule has 1 atom stereocenters. The van der Waals surface area contributed by atoms with Gasteiger partial charge in [-0.1, -0.05) is 11.6 Å². The number of phenolic OH excluding ortho intramolecular Hbond substituents is 1. The predicted molar refractivity (Wildman–Crippen MR) is 72.5 cm³/mol. The zero-order valence-electron chi connectivity index (χ0n) is 11.2. The molecular formula is C12H15ClN2O5. The average molecular weight is 303 g/mol. The first-order chi connectivity index (χ1) is 9.14. The number of carbonyl (C=O) groups is 1. The summed E-state index contributed by atoms with van der Waals surface area (Å²) in [5, 5.41) is 20.9. The summed E-state index contributed by atoms with van der Waals surface area (Å²) in [6.45, 7) is 2.93. The van der Waals surface area contributed by atoms with Gasteiger partial charge in [-0.2, -0.15) is 0 Å². The molecule has 0 aliphatic heterocycles. The lowest BCUT2D eigenvalue weighted by atomic mass is 9.80. The van der Waals surface area contributed by atoms with Crippen molar-refractivity contribution in [2.24, 2.45) is 11.1 Å². The van der Waals surface area contributed by atoms with E-state index in [4.69, 9.17) is 17.3 Å². The topological polar surface area (TPSA) is 116 Å². The molecular weight excluding hydrogens is 288 g/mol. The molecule has 1 rings (SSSR count). The third-order valence-corrected chi connectivity index (χ3v) is 3.45. The molecule has 0 saturated carbocycles. The molecule has 0 amide bonds. The van der Waals surface area contributed by atoms with Crippen LogP contribution in [-0.2, 0) is 9.53 Å². The van der Waals surface area contributed by atoms with Gasteiger partial charge in [0.1, 0.15) is 5.75 Å². The second kappa shape index (κ2) is 5.64. The molecule has 1 aromatic rings. The van der Waals surface area contributed by atoms with Crippen LogP contribution in [0.2, 0.25) is 5.02 Å². The number of halogens is 1. The summed E-state index contributed by atoms with van der Waals surface area (Å²) in [4.78, 5) is 22.1. The average Bonchev–Trinajstić information content (AvgIpc) is 2.39. The van der Waals surface area contributed by atoms with Crippen LogP contribution in [-0.4, -0.2) is 23.1 Å². The molecule has 0 aliphatic rings. The van der Waals surface area contributed by atoms with Crippen LogP contribution >= 0.6 is 11.6 Å². The largest absolute Gasteiger partial charge is 0.506 e. The molecule has 110 valence electrons. The third-order valence-electron chi connectivity index (χ3n) is 3.14. The van der Waals surface area contributed by atoms with Gasteiger partial charge in [-0.25, -0.2) is 0 Å². The van der Waals surface area contributed by atoms with E-state index >= 15 is 0 Å². The van der Waals surface area contributed by atoms with E-state index in [9.17, 15) is 20.0 Å². The maximum Gasteiger partial charge on any atom is 0.313 e. The molecule has 0 radical (unpaired) electrons. The molecule has 8 heteroatoms. The lowest BCUT2D eigenvalue weighted by Gasteiger charge is -2.29. The third kappa shape index (κ3) is 2.68. The van der Waals surface area contributed by atoms with Crippen molar-refractivity contribution in [3.63, 3.8) is 0 Å². The number of hydrogen-bond acceptors (Lipinski definition) is 6. The number of rotatable bonds is 4. The molecule has 0 aromatic heterocycles. The van der Waals surface area contributed by atoms with Gasteiger partial charge >= 0.3 is 5.97 Å². The number of aromatic hydroxyl groups is 1. The van der Waals surface area contributed by atoms with Gasteiger partial charge in [0.15, 0.2) is 0 Å². The van der Waals surface area contributed by atoms with Crippen LogP contribution in [0.5, 0.6) is 5.75 Å². The number of carbonyl (C=O) groups excluding carboxylic acids is 1. The SMILES string of the molecule is COC(=O)C(C)(C)[C@H](N)c1c([N+](=O)[O-])ccc(Cl)c1O. The summed E-state index contributed by atoms with van der Waals surface area (Å²) in [6, 6.07) is 1.16. The zero-order chi connectivity index (χ0) is 15.7. The number of esters is 1. The van der Waals surface area contributed by atoms with Gasteiger partial charge in [-0.05, 0) is 19.9 Å². The summed E-state index contributed by atoms with van der Waals surface area (Å²) in [6.07, 6.45) is 0. The number of hydrogen-bond donors (Lipinski definition) is 2. The van der Waals surface area contributed by atoms with Crippen LogP contribution in [0.1, 0.15) is 25.5 Å². The number of nitro benzene ring substituents is 1. The lowest BCUT2D eigenvalue weighted by Crippen LogP contribution is -2.37. The van der Waals surface area contributed by atoms with E-state index in [0.717, 1.165) is 6.07 Å². The van der Waals surface area contributed by atoms with Crippen molar-refractivity contribution < 1.29 is 19.6 Å². The minimum Gasteiger partial charge on any atom is -0.506 e. The Hall–Kier alpha value is -1.86. The van der Waals surface area contributed by atoms with Crippen LogP contribution in [0.3, 0.4) is 0 Å². The summed E-state index contributed by atoms with van der Waals surface area (Å²) >= 11 is 5.75. The number of ether oxygens (including phenoxy) is 1. The van der Waals surface area contributed by atoms with Crippen molar-refractivity contribution >= 4 is 23.3 Å². The number of nitro groups is 1. The van der Waals surface area contributed by atoms with Crippen molar-refractivity contribution in [2.45, 2.75) is 19.9 Å². The number of phenols is 1. The maximum atomic E-state index is 11.7. The number of benzene rings is 1. The molecule has 0 aliphatic carbocycles. The molecule has 0 heterocycles. The van der Waals surface area contributed by atoms with Gasteiger partial charge in [0.2, 0.25) is 0 Å². The fraction of sp³-hybridized carbons (Fsp3) is 0.417. The van der Waals surface area contributed by atoms with Crippen molar-refractivity contribution in [2.75, 3.05) is 7.11 Å². The van der Waals surface area contributed by atoms with Gasteiger partial charge in [-0.3, -0.25) is 14.9 Å². The Bertz CT molecular complexity index is 559. The first-order valence-electron chi connectivity index (χ1n) is 5.64. The first-order valence-corrected chi connectivity index (χ1v) is 6.02. The van der Waals surface area contributed by atoms with E-state index in [2.05, 4.69) is 4.74 Å². The summed E-state index contributed by atoms with van der Waals surface area (Å²) in [7, 11) is 1.18. The highest BCUT2D eigenvalue weighted by atomic mass is 35.5. The van der Waals surface area contributed by atoms with Gasteiger partial charge in [0, 0.05) is 6.07 Å². The van der Waals surface area contributed by atoms with Gasteiger partial charge in [0.25, 0.3) is 5.69 Å². The van der Waals surface area contributed by atoms with E-state index in [1.54, 1.807) is 0 Å². The summed E-state index contributed by atoms with van der Waals surface area (Å²) in [5.74, 6) is -1.16. The van der Waals surface area contributed by atoms with Crippen LogP contribution < -0.4 is 5.73 Å². The highest BCUT2D eigenvalue weighted by Crippen LogP contribution is 2.44. The van der Waals surface area contributed by atoms with Crippen LogP contribution in [0.4, 0.5) is 5.69 Å². The van der Waals surface area contributed by atoms with E-state index in [0.29, 0.717) is 0 Å². The fourth-order valence-electron chi connectivity index (χ4n) is 1.79. The molecule has 20 heavy (non-hydrogen) atoms. The van der Waals surface area contributed by atoms with E-state index in [-0.39, 0.29) is 10.6 Å². The Morgan fingerprint density at radius 2 is 2.10 bits per heavy atom.